The van der Waals surface area contributed by atoms with Gasteiger partial charge in [-0.25, -0.2) is 4.39 Å². The number of aldehydes is 1. The summed E-state index contributed by atoms with van der Waals surface area (Å²) < 4.78 is 12.6. The van der Waals surface area contributed by atoms with Crippen molar-refractivity contribution in [1.29, 1.82) is 5.26 Å². The van der Waals surface area contributed by atoms with Gasteiger partial charge in [-0.05, 0) is 24.1 Å². The molecule has 1 aromatic carbocycles. The molecular weight excluding hydrogens is 169 g/mol. The standard InChI is InChI=1S/C10H4FNO/c11-10-4-3-8(2-1-5-12)9(6-10)7-13/h3-4,6-7H. The van der Waals surface area contributed by atoms with E-state index in [2.05, 4.69) is 11.8 Å². The highest BCUT2D eigenvalue weighted by Gasteiger charge is 1.99. The lowest BCUT2D eigenvalue weighted by Gasteiger charge is -1.94. The zero-order valence-corrected chi connectivity index (χ0v) is 6.54. The number of hydrogen-bond acceptors (Lipinski definition) is 2. The molecule has 0 aliphatic heterocycles. The molecule has 0 saturated carbocycles. The topological polar surface area (TPSA) is 40.9 Å². The van der Waals surface area contributed by atoms with Gasteiger partial charge in [0.25, 0.3) is 0 Å². The van der Waals surface area contributed by atoms with E-state index >= 15 is 0 Å². The van der Waals surface area contributed by atoms with Crippen LogP contribution in [0, 0.1) is 29.0 Å². The Labute approximate surface area is 74.6 Å². The van der Waals surface area contributed by atoms with E-state index in [4.69, 9.17) is 5.26 Å². The lowest BCUT2D eigenvalue weighted by Crippen LogP contribution is -1.88. The third-order valence-electron chi connectivity index (χ3n) is 1.39. The van der Waals surface area contributed by atoms with Crippen molar-refractivity contribution in [2.75, 3.05) is 0 Å². The molecule has 0 N–H and O–H groups in total. The predicted octanol–water partition coefficient (Wildman–Crippen LogP) is 1.51. The number of hydrogen-bond donors (Lipinski definition) is 0. The predicted molar refractivity (Wildman–Crippen MR) is 44.3 cm³/mol. The van der Waals surface area contributed by atoms with Crippen LogP contribution >= 0.6 is 0 Å². The van der Waals surface area contributed by atoms with Crippen LogP contribution in [-0.4, -0.2) is 6.29 Å². The third kappa shape index (κ3) is 2.15. The second-order valence-electron chi connectivity index (χ2n) is 2.21. The number of nitriles is 1. The maximum atomic E-state index is 12.6. The molecule has 0 fully saturated rings. The quantitative estimate of drug-likeness (QED) is 0.477. The number of halogens is 1. The van der Waals surface area contributed by atoms with Gasteiger partial charge in [0, 0.05) is 17.0 Å². The molecule has 1 rings (SSSR count). The third-order valence-corrected chi connectivity index (χ3v) is 1.39. The van der Waals surface area contributed by atoms with Crippen LogP contribution in [0.3, 0.4) is 0 Å². The van der Waals surface area contributed by atoms with Gasteiger partial charge < -0.3 is 0 Å². The van der Waals surface area contributed by atoms with Gasteiger partial charge in [0.05, 0.1) is 0 Å². The van der Waals surface area contributed by atoms with Gasteiger partial charge in [0.15, 0.2) is 12.4 Å². The van der Waals surface area contributed by atoms with E-state index in [9.17, 15) is 9.18 Å². The first-order valence-corrected chi connectivity index (χ1v) is 3.43. The lowest BCUT2D eigenvalue weighted by atomic mass is 10.1. The molecular formula is C10H4FNO. The number of nitrogens with zero attached hydrogens (tertiary/aromatic N) is 1. The minimum Gasteiger partial charge on any atom is -0.298 e. The van der Waals surface area contributed by atoms with Crippen LogP contribution in [-0.2, 0) is 0 Å². The summed E-state index contributed by atoms with van der Waals surface area (Å²) in [5.74, 6) is 4.07. The molecule has 0 atom stereocenters. The molecule has 0 aromatic heterocycles. The van der Waals surface area contributed by atoms with E-state index in [-0.39, 0.29) is 5.56 Å². The van der Waals surface area contributed by atoms with Gasteiger partial charge in [-0.2, -0.15) is 5.26 Å². The molecule has 0 heterocycles. The van der Waals surface area contributed by atoms with Crippen LogP contribution in [0.5, 0.6) is 0 Å². The highest BCUT2D eigenvalue weighted by Crippen LogP contribution is 2.07. The summed E-state index contributed by atoms with van der Waals surface area (Å²) in [6.07, 6.45) is 0.504. The maximum absolute atomic E-state index is 12.6. The monoisotopic (exact) mass is 173 g/mol. The highest BCUT2D eigenvalue weighted by atomic mass is 19.1. The average molecular weight is 173 g/mol. The molecule has 2 nitrogen and oxygen atoms in total. The first-order chi connectivity index (χ1) is 6.27. The average Bonchev–Trinajstić information content (AvgIpc) is 2.16. The van der Waals surface area contributed by atoms with E-state index in [0.717, 1.165) is 6.07 Å². The number of benzene rings is 1. The number of carbonyl (C=O) groups is 1. The Kier molecular flexibility index (Phi) is 2.78. The van der Waals surface area contributed by atoms with Crippen molar-refractivity contribution in [3.05, 3.63) is 35.1 Å². The van der Waals surface area contributed by atoms with E-state index < -0.39 is 5.82 Å². The van der Waals surface area contributed by atoms with Crippen LogP contribution in [0.1, 0.15) is 15.9 Å². The van der Waals surface area contributed by atoms with Crippen molar-refractivity contribution in [2.45, 2.75) is 0 Å². The smallest absolute Gasteiger partial charge is 0.152 e. The molecule has 0 aliphatic carbocycles. The molecule has 0 radical (unpaired) electrons. The maximum Gasteiger partial charge on any atom is 0.152 e. The summed E-state index contributed by atoms with van der Waals surface area (Å²) in [6.45, 7) is 0. The Morgan fingerprint density at radius 3 is 2.85 bits per heavy atom. The first kappa shape index (κ1) is 8.96. The zero-order chi connectivity index (χ0) is 9.68. The summed E-state index contributed by atoms with van der Waals surface area (Å²) in [7, 11) is 0. The van der Waals surface area contributed by atoms with Gasteiger partial charge in [-0.1, -0.05) is 0 Å². The van der Waals surface area contributed by atoms with Gasteiger partial charge in [-0.3, -0.25) is 4.79 Å². The molecule has 0 saturated heterocycles. The second-order valence-corrected chi connectivity index (χ2v) is 2.21. The fourth-order valence-corrected chi connectivity index (χ4v) is 0.840. The molecule has 3 heteroatoms. The van der Waals surface area contributed by atoms with Crippen LogP contribution in [0.4, 0.5) is 4.39 Å². The Morgan fingerprint density at radius 1 is 1.46 bits per heavy atom. The minimum atomic E-state index is -0.496. The molecule has 0 aliphatic rings. The van der Waals surface area contributed by atoms with Gasteiger partial charge >= 0.3 is 0 Å². The Hall–Kier alpha value is -2.13. The molecule has 0 unspecified atom stereocenters. The minimum absolute atomic E-state index is 0.155. The molecule has 13 heavy (non-hydrogen) atoms. The number of carbonyl (C=O) groups excluding carboxylic acids is 1. The molecule has 62 valence electrons. The van der Waals surface area contributed by atoms with Gasteiger partial charge in [-0.15, -0.1) is 0 Å². The SMILES string of the molecule is N#CC#Cc1ccc(F)cc1C=O. The van der Waals surface area contributed by atoms with Crippen LogP contribution in [0.25, 0.3) is 0 Å². The fraction of sp³-hybridized carbons (Fsp3) is 0. The van der Waals surface area contributed by atoms with Crippen LogP contribution in [0.15, 0.2) is 18.2 Å². The van der Waals surface area contributed by atoms with Crippen molar-refractivity contribution in [3.8, 4) is 17.9 Å². The summed E-state index contributed by atoms with van der Waals surface area (Å²) in [6, 6.07) is 5.24. The van der Waals surface area contributed by atoms with Crippen molar-refractivity contribution < 1.29 is 9.18 Å². The Morgan fingerprint density at radius 2 is 2.23 bits per heavy atom. The van der Waals surface area contributed by atoms with E-state index in [1.165, 1.54) is 12.1 Å². The van der Waals surface area contributed by atoms with Crippen molar-refractivity contribution in [2.24, 2.45) is 0 Å². The second kappa shape index (κ2) is 4.04. The van der Waals surface area contributed by atoms with Crippen LogP contribution in [0.2, 0.25) is 0 Å². The molecule has 0 bridgehead atoms. The van der Waals surface area contributed by atoms with Crippen molar-refractivity contribution in [1.82, 2.24) is 0 Å². The summed E-state index contributed by atoms with van der Waals surface area (Å²) in [5, 5.41) is 8.16. The van der Waals surface area contributed by atoms with Gasteiger partial charge in [0.2, 0.25) is 0 Å². The number of rotatable bonds is 1. The summed E-state index contributed by atoms with van der Waals surface area (Å²) in [5.41, 5.74) is 0.515. The summed E-state index contributed by atoms with van der Waals surface area (Å²) >= 11 is 0. The Bertz CT molecular complexity index is 434. The molecule has 0 amide bonds. The van der Waals surface area contributed by atoms with Gasteiger partial charge in [0.1, 0.15) is 5.82 Å². The highest BCUT2D eigenvalue weighted by molar-refractivity contribution is 5.79. The van der Waals surface area contributed by atoms with Crippen molar-refractivity contribution >= 4 is 6.29 Å². The van der Waals surface area contributed by atoms with E-state index in [1.54, 1.807) is 6.07 Å². The first-order valence-electron chi connectivity index (χ1n) is 3.43. The lowest BCUT2D eigenvalue weighted by molar-refractivity contribution is 0.112. The summed E-state index contributed by atoms with van der Waals surface area (Å²) in [4.78, 5) is 10.4. The van der Waals surface area contributed by atoms with Crippen LogP contribution < -0.4 is 0 Å². The largest absolute Gasteiger partial charge is 0.298 e. The normalized spacial score (nSPS) is 8.00. The molecule has 1 aromatic rings. The van der Waals surface area contributed by atoms with E-state index in [0.29, 0.717) is 11.8 Å². The van der Waals surface area contributed by atoms with E-state index in [1.807, 2.05) is 0 Å². The molecule has 0 spiro atoms. The Balaban J connectivity index is 3.23. The van der Waals surface area contributed by atoms with Crippen molar-refractivity contribution in [3.63, 3.8) is 0 Å². The fourth-order valence-electron chi connectivity index (χ4n) is 0.840. The zero-order valence-electron chi connectivity index (χ0n) is 6.54.